The summed E-state index contributed by atoms with van der Waals surface area (Å²) in [5.74, 6) is -4.54. The van der Waals surface area contributed by atoms with Gasteiger partial charge >= 0.3 is 48.9 Å². The topological polar surface area (TPSA) is 80.3 Å². The molecule has 1 unspecified atom stereocenters. The molecule has 0 saturated carbocycles. The van der Waals surface area contributed by atoms with Crippen LogP contribution in [-0.4, -0.2) is 60.8 Å². The van der Waals surface area contributed by atoms with Crippen LogP contribution in [0.3, 0.4) is 0 Å². The number of aliphatic carboxylic acids is 2. The number of carbonyl (C=O) groups is 2. The summed E-state index contributed by atoms with van der Waals surface area (Å²) in [6.45, 7) is 8.11. The third kappa shape index (κ3) is 9.13. The number of hydrogen-bond acceptors (Lipinski definition) is 4. The summed E-state index contributed by atoms with van der Waals surface area (Å²) < 4.78 is 0. The number of carbonyl (C=O) groups excluding carboxylic acids is 2. The molecule has 19 heavy (non-hydrogen) atoms. The maximum absolute atomic E-state index is 10.8. The largest absolute Gasteiger partial charge is 2.00 e. The first-order valence-electron chi connectivity index (χ1n) is 6.61. The zero-order chi connectivity index (χ0) is 14.3. The van der Waals surface area contributed by atoms with Crippen LogP contribution in [0, 0.1) is 17.3 Å². The van der Waals surface area contributed by atoms with Crippen molar-refractivity contribution in [3.05, 3.63) is 0 Å². The Morgan fingerprint density at radius 1 is 1.05 bits per heavy atom. The second-order valence-corrected chi connectivity index (χ2v) is 5.99. The first-order valence-corrected chi connectivity index (χ1v) is 6.61. The van der Waals surface area contributed by atoms with Crippen LogP contribution < -0.4 is 10.2 Å². The maximum Gasteiger partial charge on any atom is 2.00 e. The quantitative estimate of drug-likeness (QED) is 0.339. The minimum atomic E-state index is -1.54. The van der Waals surface area contributed by atoms with Crippen LogP contribution in [0.2, 0.25) is 0 Å². The van der Waals surface area contributed by atoms with Gasteiger partial charge < -0.3 is 19.8 Å². The van der Waals surface area contributed by atoms with Gasteiger partial charge in [-0.05, 0) is 24.2 Å². The SMILES string of the molecule is CCCCCC(CC(C(=O)[O-])C(=O)[O-])C(C)(C)C.[Ba+2]. The van der Waals surface area contributed by atoms with Crippen molar-refractivity contribution in [1.82, 2.24) is 0 Å². The van der Waals surface area contributed by atoms with Crippen LogP contribution in [-0.2, 0) is 9.59 Å². The Morgan fingerprint density at radius 2 is 1.53 bits per heavy atom. The van der Waals surface area contributed by atoms with E-state index in [2.05, 4.69) is 6.92 Å². The summed E-state index contributed by atoms with van der Waals surface area (Å²) in [5.41, 5.74) is -0.114. The van der Waals surface area contributed by atoms with E-state index >= 15 is 0 Å². The fraction of sp³-hybridized carbons (Fsp3) is 0.857. The predicted molar refractivity (Wildman–Crippen MR) is 71.0 cm³/mol. The molecule has 0 bridgehead atoms. The molecular formula is C14H24BaO4. The minimum absolute atomic E-state index is 0. The molecule has 0 aromatic carbocycles. The smallest absolute Gasteiger partial charge is 0.549 e. The van der Waals surface area contributed by atoms with Crippen LogP contribution in [0.1, 0.15) is 59.8 Å². The van der Waals surface area contributed by atoms with E-state index in [1.54, 1.807) is 0 Å². The van der Waals surface area contributed by atoms with E-state index < -0.39 is 17.9 Å². The van der Waals surface area contributed by atoms with Gasteiger partial charge in [0, 0.05) is 5.92 Å². The van der Waals surface area contributed by atoms with Crippen molar-refractivity contribution in [3.8, 4) is 0 Å². The minimum Gasteiger partial charge on any atom is -0.549 e. The molecule has 0 fully saturated rings. The summed E-state index contributed by atoms with van der Waals surface area (Å²) in [6, 6.07) is 0. The van der Waals surface area contributed by atoms with E-state index in [4.69, 9.17) is 0 Å². The van der Waals surface area contributed by atoms with E-state index in [9.17, 15) is 19.8 Å². The van der Waals surface area contributed by atoms with Gasteiger partial charge in [-0.1, -0.05) is 47.0 Å². The van der Waals surface area contributed by atoms with E-state index in [0.29, 0.717) is 0 Å². The van der Waals surface area contributed by atoms with Crippen molar-refractivity contribution in [1.29, 1.82) is 0 Å². The Bertz CT molecular complexity index is 270. The van der Waals surface area contributed by atoms with Crippen LogP contribution in [0.4, 0.5) is 0 Å². The number of carboxylic acids is 2. The van der Waals surface area contributed by atoms with Crippen LogP contribution >= 0.6 is 0 Å². The zero-order valence-corrected chi connectivity index (χ0v) is 17.0. The van der Waals surface area contributed by atoms with Crippen molar-refractivity contribution in [2.75, 3.05) is 0 Å². The molecule has 0 radical (unpaired) electrons. The van der Waals surface area contributed by atoms with Crippen molar-refractivity contribution < 1.29 is 19.8 Å². The van der Waals surface area contributed by atoms with Crippen LogP contribution in [0.25, 0.3) is 0 Å². The van der Waals surface area contributed by atoms with Crippen LogP contribution in [0.5, 0.6) is 0 Å². The van der Waals surface area contributed by atoms with Gasteiger partial charge in [-0.25, -0.2) is 0 Å². The molecule has 0 saturated heterocycles. The summed E-state index contributed by atoms with van der Waals surface area (Å²) >= 11 is 0. The summed E-state index contributed by atoms with van der Waals surface area (Å²) in [4.78, 5) is 21.6. The second-order valence-electron chi connectivity index (χ2n) is 5.99. The number of rotatable bonds is 8. The molecule has 0 N–H and O–H groups in total. The second kappa shape index (κ2) is 10.3. The average Bonchev–Trinajstić information content (AvgIpc) is 2.20. The molecular weight excluding hydrogens is 369 g/mol. The van der Waals surface area contributed by atoms with Crippen LogP contribution in [0.15, 0.2) is 0 Å². The fourth-order valence-electron chi connectivity index (χ4n) is 2.12. The molecule has 0 amide bonds. The Kier molecular flexibility index (Phi) is 11.8. The van der Waals surface area contributed by atoms with Gasteiger partial charge in [0.2, 0.25) is 0 Å². The molecule has 0 rings (SSSR count). The number of carboxylic acid groups (broad SMARTS) is 2. The van der Waals surface area contributed by atoms with Gasteiger partial charge in [0.05, 0.1) is 11.9 Å². The van der Waals surface area contributed by atoms with Gasteiger partial charge in [0.15, 0.2) is 0 Å². The van der Waals surface area contributed by atoms with Gasteiger partial charge in [0.1, 0.15) is 0 Å². The number of unbranched alkanes of at least 4 members (excludes halogenated alkanes) is 2. The maximum atomic E-state index is 10.8. The summed E-state index contributed by atoms with van der Waals surface area (Å²) in [7, 11) is 0. The summed E-state index contributed by atoms with van der Waals surface area (Å²) in [6.07, 6.45) is 4.09. The van der Waals surface area contributed by atoms with E-state index in [0.717, 1.165) is 25.7 Å². The van der Waals surface area contributed by atoms with Gasteiger partial charge in [-0.3, -0.25) is 0 Å². The zero-order valence-electron chi connectivity index (χ0n) is 12.5. The Hall–Kier alpha value is 0.511. The molecule has 0 aliphatic carbocycles. The fourth-order valence-corrected chi connectivity index (χ4v) is 2.12. The molecule has 0 aliphatic heterocycles. The monoisotopic (exact) mass is 394 g/mol. The molecule has 5 heteroatoms. The Labute approximate surface area is 156 Å². The normalized spacial score (nSPS) is 12.9. The van der Waals surface area contributed by atoms with E-state index in [1.165, 1.54) is 0 Å². The summed E-state index contributed by atoms with van der Waals surface area (Å²) in [5, 5.41) is 21.6. The van der Waals surface area contributed by atoms with Gasteiger partial charge in [-0.15, -0.1) is 0 Å². The van der Waals surface area contributed by atoms with Crippen molar-refractivity contribution >= 4 is 60.8 Å². The van der Waals surface area contributed by atoms with Gasteiger partial charge in [-0.2, -0.15) is 0 Å². The van der Waals surface area contributed by atoms with E-state index in [1.807, 2.05) is 20.8 Å². The Balaban J connectivity index is 0. The average molecular weight is 394 g/mol. The van der Waals surface area contributed by atoms with Gasteiger partial charge in [0.25, 0.3) is 0 Å². The van der Waals surface area contributed by atoms with Crippen molar-refractivity contribution in [2.45, 2.75) is 59.8 Å². The Morgan fingerprint density at radius 3 is 1.84 bits per heavy atom. The molecule has 0 heterocycles. The standard InChI is InChI=1S/C14H26O4.Ba/c1-5-6-7-8-10(14(2,3)4)9-11(12(15)16)13(17)18;/h10-11H,5-9H2,1-4H3,(H,15,16)(H,17,18);/q;+2/p-2. The first kappa shape index (κ1) is 21.8. The number of hydrogen-bond donors (Lipinski definition) is 0. The third-order valence-electron chi connectivity index (χ3n) is 3.47. The first-order chi connectivity index (χ1) is 8.20. The van der Waals surface area contributed by atoms with E-state index in [-0.39, 0.29) is 66.6 Å². The molecule has 0 aliphatic rings. The molecule has 1 atom stereocenters. The van der Waals surface area contributed by atoms with Crippen molar-refractivity contribution in [3.63, 3.8) is 0 Å². The molecule has 0 spiro atoms. The van der Waals surface area contributed by atoms with Crippen molar-refractivity contribution in [2.24, 2.45) is 17.3 Å². The molecule has 106 valence electrons. The molecule has 4 nitrogen and oxygen atoms in total. The predicted octanol–water partition coefficient (Wildman–Crippen LogP) is 0.354. The molecule has 0 aromatic heterocycles. The third-order valence-corrected chi connectivity index (χ3v) is 3.47. The molecule has 0 aromatic rings.